The lowest BCUT2D eigenvalue weighted by molar-refractivity contribution is 0.110. The lowest BCUT2D eigenvalue weighted by Gasteiger charge is -2.36. The van der Waals surface area contributed by atoms with Gasteiger partial charge in [-0.3, -0.25) is 0 Å². The van der Waals surface area contributed by atoms with Gasteiger partial charge in [0.2, 0.25) is 0 Å². The first-order valence-electron chi connectivity index (χ1n) is 6.67. The van der Waals surface area contributed by atoms with Crippen molar-refractivity contribution in [3.8, 4) is 0 Å². The van der Waals surface area contributed by atoms with Gasteiger partial charge in [0.25, 0.3) is 0 Å². The van der Waals surface area contributed by atoms with Crippen molar-refractivity contribution in [3.63, 3.8) is 0 Å². The zero-order valence-corrected chi connectivity index (χ0v) is 10.8. The van der Waals surface area contributed by atoms with Crippen LogP contribution in [0.3, 0.4) is 0 Å². The number of fused-ring (bicyclic) bond motifs is 1. The van der Waals surface area contributed by atoms with E-state index in [1.807, 2.05) is 0 Å². The van der Waals surface area contributed by atoms with Crippen molar-refractivity contribution < 1.29 is 14.6 Å². The van der Waals surface area contributed by atoms with Gasteiger partial charge < -0.3 is 19.6 Å². The van der Waals surface area contributed by atoms with Gasteiger partial charge in [-0.25, -0.2) is 4.79 Å². The zero-order valence-electron chi connectivity index (χ0n) is 10.8. The largest absolute Gasteiger partial charge is 0.465 e. The highest BCUT2D eigenvalue weighted by Crippen LogP contribution is 2.28. The summed E-state index contributed by atoms with van der Waals surface area (Å²) in [4.78, 5) is 14.7. The van der Waals surface area contributed by atoms with Gasteiger partial charge >= 0.3 is 6.09 Å². The van der Waals surface area contributed by atoms with Crippen molar-refractivity contribution >= 4 is 11.8 Å². The summed E-state index contributed by atoms with van der Waals surface area (Å²) < 4.78 is 5.56. The number of piperazine rings is 1. The van der Waals surface area contributed by atoms with Gasteiger partial charge in [0, 0.05) is 37.4 Å². The molecule has 0 aliphatic carbocycles. The minimum Gasteiger partial charge on any atom is -0.465 e. The average molecular weight is 262 g/mol. The van der Waals surface area contributed by atoms with Crippen molar-refractivity contribution in [2.45, 2.75) is 13.0 Å². The summed E-state index contributed by atoms with van der Waals surface area (Å²) in [5.41, 5.74) is 3.85. The summed E-state index contributed by atoms with van der Waals surface area (Å²) in [6.07, 6.45) is 0.149. The SMILES string of the molecule is O=C(O)N1CCN(c2cccc3c2COCC3)CC1. The topological polar surface area (TPSA) is 53.0 Å². The van der Waals surface area contributed by atoms with E-state index in [0.29, 0.717) is 19.7 Å². The van der Waals surface area contributed by atoms with Crippen molar-refractivity contribution in [1.82, 2.24) is 4.90 Å². The van der Waals surface area contributed by atoms with Crippen molar-refractivity contribution in [2.75, 3.05) is 37.7 Å². The maximum absolute atomic E-state index is 10.9. The third-order valence-electron chi connectivity index (χ3n) is 3.90. The summed E-state index contributed by atoms with van der Waals surface area (Å²) in [6, 6.07) is 6.36. The number of hydrogen-bond donors (Lipinski definition) is 1. The van der Waals surface area contributed by atoms with Crippen LogP contribution in [0.1, 0.15) is 11.1 Å². The van der Waals surface area contributed by atoms with Crippen LogP contribution in [0.5, 0.6) is 0 Å². The Morgan fingerprint density at radius 2 is 2.00 bits per heavy atom. The first-order valence-corrected chi connectivity index (χ1v) is 6.67. The predicted molar refractivity (Wildman–Crippen MR) is 71.6 cm³/mol. The molecule has 0 spiro atoms. The molecule has 2 aliphatic heterocycles. The fraction of sp³-hybridized carbons (Fsp3) is 0.500. The van der Waals surface area contributed by atoms with E-state index in [0.717, 1.165) is 26.1 Å². The number of carbonyl (C=O) groups is 1. The number of ether oxygens (including phenoxy) is 1. The molecule has 5 heteroatoms. The molecule has 0 unspecified atom stereocenters. The number of nitrogens with zero attached hydrogens (tertiary/aromatic N) is 2. The molecule has 1 saturated heterocycles. The van der Waals surface area contributed by atoms with Crippen LogP contribution in [0.2, 0.25) is 0 Å². The molecule has 5 nitrogen and oxygen atoms in total. The first kappa shape index (κ1) is 12.3. The number of rotatable bonds is 1. The van der Waals surface area contributed by atoms with E-state index in [1.165, 1.54) is 21.7 Å². The highest BCUT2D eigenvalue weighted by Gasteiger charge is 2.23. The fourth-order valence-electron chi connectivity index (χ4n) is 2.81. The smallest absolute Gasteiger partial charge is 0.407 e. The molecule has 1 amide bonds. The Morgan fingerprint density at radius 1 is 1.21 bits per heavy atom. The molecule has 0 aromatic heterocycles. The Bertz CT molecular complexity index is 482. The number of anilines is 1. The highest BCUT2D eigenvalue weighted by molar-refractivity contribution is 5.66. The molecule has 2 aliphatic rings. The van der Waals surface area contributed by atoms with Crippen LogP contribution in [0, 0.1) is 0 Å². The molecule has 3 rings (SSSR count). The highest BCUT2D eigenvalue weighted by atomic mass is 16.5. The van der Waals surface area contributed by atoms with E-state index in [2.05, 4.69) is 23.1 Å². The second-order valence-electron chi connectivity index (χ2n) is 4.97. The van der Waals surface area contributed by atoms with Gasteiger partial charge in [0.1, 0.15) is 0 Å². The average Bonchev–Trinajstić information content (AvgIpc) is 2.47. The van der Waals surface area contributed by atoms with Gasteiger partial charge in [0.05, 0.1) is 13.2 Å². The lowest BCUT2D eigenvalue weighted by Crippen LogP contribution is -2.48. The normalized spacial score (nSPS) is 19.2. The summed E-state index contributed by atoms with van der Waals surface area (Å²) >= 11 is 0. The van der Waals surface area contributed by atoms with Gasteiger partial charge in [-0.1, -0.05) is 12.1 Å². The van der Waals surface area contributed by atoms with E-state index >= 15 is 0 Å². The predicted octanol–water partition coefficient (Wildman–Crippen LogP) is 1.56. The summed E-state index contributed by atoms with van der Waals surface area (Å²) in [6.45, 7) is 4.11. The monoisotopic (exact) mass is 262 g/mol. The Hall–Kier alpha value is -1.75. The molecule has 2 heterocycles. The minimum absolute atomic E-state index is 0.569. The van der Waals surface area contributed by atoms with Crippen LogP contribution in [0.25, 0.3) is 0 Å². The maximum Gasteiger partial charge on any atom is 0.407 e. The molecule has 0 radical (unpaired) electrons. The third-order valence-corrected chi connectivity index (χ3v) is 3.90. The van der Waals surface area contributed by atoms with Crippen LogP contribution in [-0.4, -0.2) is 48.9 Å². The van der Waals surface area contributed by atoms with Crippen LogP contribution >= 0.6 is 0 Å². The molecule has 0 saturated carbocycles. The number of hydrogen-bond acceptors (Lipinski definition) is 3. The van der Waals surface area contributed by atoms with Gasteiger partial charge in [0.15, 0.2) is 0 Å². The quantitative estimate of drug-likeness (QED) is 0.834. The molecule has 19 heavy (non-hydrogen) atoms. The van der Waals surface area contributed by atoms with E-state index < -0.39 is 6.09 Å². The second kappa shape index (κ2) is 5.09. The molecular formula is C14H18N2O3. The molecule has 0 bridgehead atoms. The molecular weight excluding hydrogens is 244 g/mol. The van der Waals surface area contributed by atoms with E-state index in [1.54, 1.807) is 0 Å². The van der Waals surface area contributed by atoms with Crippen molar-refractivity contribution in [3.05, 3.63) is 29.3 Å². The molecule has 1 aromatic rings. The lowest BCUT2D eigenvalue weighted by atomic mass is 10.0. The summed E-state index contributed by atoms with van der Waals surface area (Å²) in [5.74, 6) is 0. The van der Waals surface area contributed by atoms with Gasteiger partial charge in [-0.15, -0.1) is 0 Å². The summed E-state index contributed by atoms with van der Waals surface area (Å²) in [7, 11) is 0. The standard InChI is InChI=1S/C14H18N2O3/c17-14(18)16-7-5-15(6-8-16)13-3-1-2-11-4-9-19-10-12(11)13/h1-3H,4-10H2,(H,17,18). The van der Waals surface area contributed by atoms with E-state index in [9.17, 15) is 4.79 Å². The van der Waals surface area contributed by atoms with E-state index in [-0.39, 0.29) is 0 Å². The van der Waals surface area contributed by atoms with Gasteiger partial charge in [-0.05, 0) is 18.1 Å². The van der Waals surface area contributed by atoms with Crippen LogP contribution in [-0.2, 0) is 17.8 Å². The Labute approximate surface area is 112 Å². The number of amides is 1. The Kier molecular flexibility index (Phi) is 3.29. The first-order chi connectivity index (χ1) is 9.25. The van der Waals surface area contributed by atoms with Crippen LogP contribution < -0.4 is 4.90 Å². The fourth-order valence-corrected chi connectivity index (χ4v) is 2.81. The maximum atomic E-state index is 10.9. The third kappa shape index (κ3) is 2.38. The van der Waals surface area contributed by atoms with Crippen molar-refractivity contribution in [2.24, 2.45) is 0 Å². The molecule has 1 fully saturated rings. The molecule has 0 atom stereocenters. The molecule has 1 N–H and O–H groups in total. The number of carboxylic acid groups (broad SMARTS) is 1. The Morgan fingerprint density at radius 3 is 2.74 bits per heavy atom. The Balaban J connectivity index is 1.78. The zero-order chi connectivity index (χ0) is 13.2. The molecule has 102 valence electrons. The van der Waals surface area contributed by atoms with Gasteiger partial charge in [-0.2, -0.15) is 0 Å². The van der Waals surface area contributed by atoms with Crippen LogP contribution in [0.15, 0.2) is 18.2 Å². The van der Waals surface area contributed by atoms with Crippen LogP contribution in [0.4, 0.5) is 10.5 Å². The van der Waals surface area contributed by atoms with Crippen molar-refractivity contribution in [1.29, 1.82) is 0 Å². The molecule has 1 aromatic carbocycles. The minimum atomic E-state index is -0.821. The summed E-state index contributed by atoms with van der Waals surface area (Å²) in [5, 5.41) is 8.97. The van der Waals surface area contributed by atoms with E-state index in [4.69, 9.17) is 9.84 Å². The number of benzene rings is 1. The second-order valence-corrected chi connectivity index (χ2v) is 4.97.